The van der Waals surface area contributed by atoms with Crippen LogP contribution in [0.1, 0.15) is 5.69 Å². The van der Waals surface area contributed by atoms with E-state index < -0.39 is 0 Å². The summed E-state index contributed by atoms with van der Waals surface area (Å²) in [4.78, 5) is 17.9. The Morgan fingerprint density at radius 2 is 2.26 bits per heavy atom. The molecule has 2 rings (SSSR count). The third-order valence-corrected chi connectivity index (χ3v) is 3.28. The molecule has 0 radical (unpaired) electrons. The average Bonchev–Trinajstić information content (AvgIpc) is 2.74. The molecule has 0 unspecified atom stereocenters. The van der Waals surface area contributed by atoms with Gasteiger partial charge in [0.25, 0.3) is 0 Å². The van der Waals surface area contributed by atoms with Crippen molar-refractivity contribution in [3.8, 4) is 0 Å². The number of hydrogen-bond acceptors (Lipinski definition) is 5. The van der Waals surface area contributed by atoms with Crippen molar-refractivity contribution in [2.24, 2.45) is 0 Å². The third kappa shape index (κ3) is 3.69. The van der Waals surface area contributed by atoms with Gasteiger partial charge in [0, 0.05) is 30.9 Å². The minimum absolute atomic E-state index is 0.0961. The monoisotopic (exact) mass is 276 g/mol. The molecule has 0 spiro atoms. The Kier molecular flexibility index (Phi) is 4.01. The van der Waals surface area contributed by atoms with Gasteiger partial charge in [-0.15, -0.1) is 11.3 Å². The summed E-state index contributed by atoms with van der Waals surface area (Å²) in [6.07, 6.45) is 0.236. The number of nitrogens with zero attached hydrogens (tertiary/aromatic N) is 2. The SMILES string of the molecule is CN(C)c1cccc(NC(=O)Cc2csc(N)n2)c1. The van der Waals surface area contributed by atoms with Gasteiger partial charge in [0.2, 0.25) is 5.91 Å². The maximum Gasteiger partial charge on any atom is 0.230 e. The number of carbonyl (C=O) groups is 1. The Hall–Kier alpha value is -2.08. The third-order valence-electron chi connectivity index (χ3n) is 2.56. The molecule has 0 aliphatic heterocycles. The second kappa shape index (κ2) is 5.71. The van der Waals surface area contributed by atoms with Crippen LogP contribution in [0.4, 0.5) is 16.5 Å². The molecule has 1 aromatic heterocycles. The van der Waals surface area contributed by atoms with Crippen molar-refractivity contribution in [1.82, 2.24) is 4.98 Å². The summed E-state index contributed by atoms with van der Waals surface area (Å²) in [5.41, 5.74) is 8.04. The lowest BCUT2D eigenvalue weighted by atomic mass is 10.2. The highest BCUT2D eigenvalue weighted by atomic mass is 32.1. The van der Waals surface area contributed by atoms with Crippen molar-refractivity contribution >= 4 is 33.8 Å². The van der Waals surface area contributed by atoms with Crippen molar-refractivity contribution in [1.29, 1.82) is 0 Å². The van der Waals surface area contributed by atoms with Crippen LogP contribution in [0.25, 0.3) is 0 Å². The van der Waals surface area contributed by atoms with Gasteiger partial charge in [-0.05, 0) is 18.2 Å². The van der Waals surface area contributed by atoms with Crippen LogP contribution < -0.4 is 16.0 Å². The minimum Gasteiger partial charge on any atom is -0.378 e. The van der Waals surface area contributed by atoms with E-state index in [0.29, 0.717) is 10.8 Å². The molecule has 1 aromatic carbocycles. The van der Waals surface area contributed by atoms with E-state index in [1.807, 2.05) is 43.3 Å². The summed E-state index contributed by atoms with van der Waals surface area (Å²) in [5, 5.41) is 5.13. The van der Waals surface area contributed by atoms with Crippen LogP contribution >= 0.6 is 11.3 Å². The Balaban J connectivity index is 2.00. The molecular weight excluding hydrogens is 260 g/mol. The van der Waals surface area contributed by atoms with E-state index in [2.05, 4.69) is 10.3 Å². The van der Waals surface area contributed by atoms with Crippen LogP contribution in [0.2, 0.25) is 0 Å². The smallest absolute Gasteiger partial charge is 0.230 e. The molecule has 2 aromatic rings. The number of aromatic nitrogens is 1. The van der Waals surface area contributed by atoms with E-state index in [1.54, 1.807) is 5.38 Å². The highest BCUT2D eigenvalue weighted by Crippen LogP contribution is 2.18. The first-order valence-electron chi connectivity index (χ1n) is 5.82. The van der Waals surface area contributed by atoms with E-state index in [0.717, 1.165) is 11.4 Å². The fourth-order valence-electron chi connectivity index (χ4n) is 1.64. The molecule has 19 heavy (non-hydrogen) atoms. The van der Waals surface area contributed by atoms with Gasteiger partial charge in [0.1, 0.15) is 0 Å². The maximum atomic E-state index is 11.9. The molecule has 1 amide bonds. The predicted octanol–water partition coefficient (Wildman–Crippen LogP) is 1.97. The quantitative estimate of drug-likeness (QED) is 0.895. The van der Waals surface area contributed by atoms with Gasteiger partial charge in [0.15, 0.2) is 5.13 Å². The zero-order chi connectivity index (χ0) is 13.8. The van der Waals surface area contributed by atoms with E-state index in [1.165, 1.54) is 11.3 Å². The van der Waals surface area contributed by atoms with Crippen molar-refractivity contribution in [3.05, 3.63) is 35.3 Å². The highest BCUT2D eigenvalue weighted by molar-refractivity contribution is 7.13. The number of anilines is 3. The molecule has 3 N–H and O–H groups in total. The van der Waals surface area contributed by atoms with Crippen molar-refractivity contribution in [3.63, 3.8) is 0 Å². The van der Waals surface area contributed by atoms with Crippen LogP contribution in [0.15, 0.2) is 29.6 Å². The Morgan fingerprint density at radius 1 is 1.47 bits per heavy atom. The molecule has 0 fully saturated rings. The van der Waals surface area contributed by atoms with Gasteiger partial charge in [-0.25, -0.2) is 4.98 Å². The fourth-order valence-corrected chi connectivity index (χ4v) is 2.20. The second-order valence-corrected chi connectivity index (χ2v) is 5.24. The van der Waals surface area contributed by atoms with Gasteiger partial charge >= 0.3 is 0 Å². The normalized spacial score (nSPS) is 10.2. The Labute approximate surface area is 116 Å². The summed E-state index contributed by atoms with van der Waals surface area (Å²) >= 11 is 1.34. The first-order valence-corrected chi connectivity index (χ1v) is 6.69. The molecule has 1 heterocycles. The van der Waals surface area contributed by atoms with Crippen LogP contribution in [0, 0.1) is 0 Å². The van der Waals surface area contributed by atoms with Gasteiger partial charge in [0.05, 0.1) is 12.1 Å². The van der Waals surface area contributed by atoms with E-state index in [4.69, 9.17) is 5.73 Å². The number of amides is 1. The van der Waals surface area contributed by atoms with E-state index in [-0.39, 0.29) is 12.3 Å². The first-order chi connectivity index (χ1) is 9.04. The van der Waals surface area contributed by atoms with Gasteiger partial charge in [-0.3, -0.25) is 4.79 Å². The van der Waals surface area contributed by atoms with E-state index in [9.17, 15) is 4.79 Å². The summed E-state index contributed by atoms with van der Waals surface area (Å²) in [5.74, 6) is -0.0961. The summed E-state index contributed by atoms with van der Waals surface area (Å²) < 4.78 is 0. The number of thiazole rings is 1. The fraction of sp³-hybridized carbons (Fsp3) is 0.231. The lowest BCUT2D eigenvalue weighted by Gasteiger charge is -2.13. The van der Waals surface area contributed by atoms with Crippen LogP contribution in [0.5, 0.6) is 0 Å². The molecule has 5 nitrogen and oxygen atoms in total. The topological polar surface area (TPSA) is 71.2 Å². The number of benzene rings is 1. The zero-order valence-electron chi connectivity index (χ0n) is 10.9. The highest BCUT2D eigenvalue weighted by Gasteiger charge is 2.07. The number of nitrogens with two attached hydrogens (primary N) is 1. The molecule has 100 valence electrons. The minimum atomic E-state index is -0.0961. The predicted molar refractivity (Wildman–Crippen MR) is 79.6 cm³/mol. The molecule has 0 aliphatic carbocycles. The average molecular weight is 276 g/mol. The number of nitrogens with one attached hydrogen (secondary N) is 1. The first kappa shape index (κ1) is 13.4. The molecule has 0 saturated carbocycles. The number of carbonyl (C=O) groups excluding carboxylic acids is 1. The van der Waals surface area contributed by atoms with Crippen LogP contribution in [-0.4, -0.2) is 25.0 Å². The molecule has 6 heteroatoms. The Bertz CT molecular complexity index is 580. The van der Waals surface area contributed by atoms with Crippen molar-refractivity contribution < 1.29 is 4.79 Å². The molecular formula is C13H16N4OS. The van der Waals surface area contributed by atoms with Crippen LogP contribution in [0.3, 0.4) is 0 Å². The Morgan fingerprint density at radius 3 is 2.89 bits per heavy atom. The van der Waals surface area contributed by atoms with Crippen molar-refractivity contribution in [2.75, 3.05) is 30.0 Å². The van der Waals surface area contributed by atoms with Crippen molar-refractivity contribution in [2.45, 2.75) is 6.42 Å². The summed E-state index contributed by atoms with van der Waals surface area (Å²) in [7, 11) is 3.91. The molecule has 0 bridgehead atoms. The standard InChI is InChI=1S/C13H16N4OS/c1-17(2)11-5-3-4-9(6-11)15-12(18)7-10-8-19-13(14)16-10/h3-6,8H,7H2,1-2H3,(H2,14,16)(H,15,18). The number of nitrogen functional groups attached to an aromatic ring is 1. The molecule has 0 aliphatic rings. The van der Waals surface area contributed by atoms with Crippen LogP contribution in [-0.2, 0) is 11.2 Å². The lowest BCUT2D eigenvalue weighted by Crippen LogP contribution is -2.15. The van der Waals surface area contributed by atoms with E-state index >= 15 is 0 Å². The summed E-state index contributed by atoms with van der Waals surface area (Å²) in [6, 6.07) is 7.68. The molecule has 0 atom stereocenters. The largest absolute Gasteiger partial charge is 0.378 e. The second-order valence-electron chi connectivity index (χ2n) is 4.35. The lowest BCUT2D eigenvalue weighted by molar-refractivity contribution is -0.115. The zero-order valence-corrected chi connectivity index (χ0v) is 11.7. The summed E-state index contributed by atoms with van der Waals surface area (Å²) in [6.45, 7) is 0. The maximum absolute atomic E-state index is 11.9. The number of hydrogen-bond donors (Lipinski definition) is 2. The van der Waals surface area contributed by atoms with Gasteiger partial charge in [-0.1, -0.05) is 6.07 Å². The van der Waals surface area contributed by atoms with Gasteiger partial charge in [-0.2, -0.15) is 0 Å². The molecule has 0 saturated heterocycles. The van der Waals surface area contributed by atoms with Gasteiger partial charge < -0.3 is 16.0 Å². The number of rotatable bonds is 4.